The highest BCUT2D eigenvalue weighted by atomic mass is 19.1. The number of nitrogens with zero attached hydrogens (tertiary/aromatic N) is 3. The maximum Gasteiger partial charge on any atom is 0.123 e. The van der Waals surface area contributed by atoms with E-state index in [-0.39, 0.29) is 5.82 Å². The Morgan fingerprint density at radius 1 is 0.926 bits per heavy atom. The van der Waals surface area contributed by atoms with Gasteiger partial charge in [0.25, 0.3) is 0 Å². The van der Waals surface area contributed by atoms with Crippen molar-refractivity contribution >= 4 is 0 Å². The van der Waals surface area contributed by atoms with Gasteiger partial charge in [0.05, 0.1) is 5.69 Å². The van der Waals surface area contributed by atoms with Gasteiger partial charge in [-0.1, -0.05) is 30.7 Å². The zero-order valence-corrected chi connectivity index (χ0v) is 15.4. The molecular weight excluding hydrogens is 337 g/mol. The summed E-state index contributed by atoms with van der Waals surface area (Å²) in [6, 6.07) is 17.4. The summed E-state index contributed by atoms with van der Waals surface area (Å²) in [5.74, 6) is -0.202. The largest absolute Gasteiger partial charge is 0.290 e. The topological polar surface area (TPSA) is 29.0 Å². The van der Waals surface area contributed by atoms with Crippen LogP contribution >= 0.6 is 0 Å². The Hall–Kier alpha value is -2.59. The number of benzene rings is 1. The maximum atomic E-state index is 13.1. The highest BCUT2D eigenvalue weighted by Crippen LogP contribution is 2.31. The minimum atomic E-state index is -0.202. The van der Waals surface area contributed by atoms with Crippen LogP contribution in [0.2, 0.25) is 0 Å². The van der Waals surface area contributed by atoms with Gasteiger partial charge in [0.1, 0.15) is 5.82 Å². The Bertz CT molecular complexity index is 847. The first-order valence-corrected chi connectivity index (χ1v) is 9.61. The molecule has 0 unspecified atom stereocenters. The Labute approximate surface area is 159 Å². The second-order valence-corrected chi connectivity index (χ2v) is 7.19. The Morgan fingerprint density at radius 3 is 2.56 bits per heavy atom. The molecule has 0 saturated carbocycles. The van der Waals surface area contributed by atoms with Crippen LogP contribution < -0.4 is 0 Å². The van der Waals surface area contributed by atoms with E-state index in [1.165, 1.54) is 30.5 Å². The third-order valence-electron chi connectivity index (χ3n) is 5.24. The van der Waals surface area contributed by atoms with Crippen molar-refractivity contribution in [2.24, 2.45) is 0 Å². The molecule has 1 aliphatic rings. The molecule has 0 aliphatic carbocycles. The van der Waals surface area contributed by atoms with Gasteiger partial charge in [-0.25, -0.2) is 4.39 Å². The van der Waals surface area contributed by atoms with Crippen molar-refractivity contribution in [2.45, 2.75) is 38.3 Å². The first-order valence-electron chi connectivity index (χ1n) is 9.61. The number of hydrogen-bond donors (Lipinski definition) is 0. The number of likely N-dealkylation sites (tertiary alicyclic amines) is 1. The van der Waals surface area contributed by atoms with Crippen LogP contribution in [0, 0.1) is 5.82 Å². The lowest BCUT2D eigenvalue weighted by Gasteiger charge is -2.35. The molecule has 0 N–H and O–H groups in total. The first kappa shape index (κ1) is 17.8. The molecule has 4 rings (SSSR count). The molecule has 27 heavy (non-hydrogen) atoms. The third kappa shape index (κ3) is 4.58. The summed E-state index contributed by atoms with van der Waals surface area (Å²) in [6.45, 7) is 1.97. The lowest BCUT2D eigenvalue weighted by atomic mass is 9.95. The van der Waals surface area contributed by atoms with Gasteiger partial charge in [-0.2, -0.15) is 0 Å². The van der Waals surface area contributed by atoms with Gasteiger partial charge in [-0.05, 0) is 60.8 Å². The summed E-state index contributed by atoms with van der Waals surface area (Å²) in [5, 5.41) is 0. The molecule has 3 aromatic rings. The van der Waals surface area contributed by atoms with Gasteiger partial charge >= 0.3 is 0 Å². The summed E-state index contributed by atoms with van der Waals surface area (Å²) in [7, 11) is 0. The molecule has 4 heteroatoms. The summed E-state index contributed by atoms with van der Waals surface area (Å²) < 4.78 is 13.1. The molecule has 3 heterocycles. The zero-order chi connectivity index (χ0) is 18.5. The van der Waals surface area contributed by atoms with Gasteiger partial charge < -0.3 is 0 Å². The minimum absolute atomic E-state index is 0.202. The predicted molar refractivity (Wildman–Crippen MR) is 105 cm³/mol. The van der Waals surface area contributed by atoms with Crippen LogP contribution in [0.15, 0.2) is 67.0 Å². The molecule has 1 saturated heterocycles. The van der Waals surface area contributed by atoms with E-state index in [1.54, 1.807) is 0 Å². The molecule has 1 fully saturated rings. The molecule has 2 aromatic heterocycles. The van der Waals surface area contributed by atoms with Crippen LogP contribution in [0.25, 0.3) is 0 Å². The Kier molecular flexibility index (Phi) is 5.54. The number of hydrogen-bond acceptors (Lipinski definition) is 3. The molecule has 1 atom stereocenters. The van der Waals surface area contributed by atoms with E-state index in [2.05, 4.69) is 33.1 Å². The predicted octanol–water partition coefficient (Wildman–Crippen LogP) is 4.93. The van der Waals surface area contributed by atoms with Crippen molar-refractivity contribution in [1.82, 2.24) is 14.9 Å². The monoisotopic (exact) mass is 361 g/mol. The van der Waals surface area contributed by atoms with Crippen LogP contribution in [0.3, 0.4) is 0 Å². The van der Waals surface area contributed by atoms with Crippen molar-refractivity contribution in [3.63, 3.8) is 0 Å². The van der Waals surface area contributed by atoms with E-state index >= 15 is 0 Å². The van der Waals surface area contributed by atoms with Crippen molar-refractivity contribution in [1.29, 1.82) is 0 Å². The Balaban J connectivity index is 1.46. The fourth-order valence-corrected chi connectivity index (χ4v) is 3.81. The van der Waals surface area contributed by atoms with Crippen LogP contribution in [-0.4, -0.2) is 21.4 Å². The van der Waals surface area contributed by atoms with Crippen LogP contribution in [0.1, 0.15) is 47.8 Å². The van der Waals surface area contributed by atoms with Gasteiger partial charge in [0.2, 0.25) is 0 Å². The molecule has 138 valence electrons. The average Bonchev–Trinajstić information content (AvgIpc) is 2.72. The van der Waals surface area contributed by atoms with Crippen LogP contribution in [0.4, 0.5) is 4.39 Å². The summed E-state index contributed by atoms with van der Waals surface area (Å²) in [6.07, 6.45) is 8.25. The molecule has 0 bridgehead atoms. The fourth-order valence-electron chi connectivity index (χ4n) is 3.81. The highest BCUT2D eigenvalue weighted by molar-refractivity contribution is 5.25. The molecule has 0 amide bonds. The van der Waals surface area contributed by atoms with Gasteiger partial charge in [-0.15, -0.1) is 0 Å². The van der Waals surface area contributed by atoms with Gasteiger partial charge in [0.15, 0.2) is 0 Å². The third-order valence-corrected chi connectivity index (χ3v) is 5.24. The molecule has 3 nitrogen and oxygen atoms in total. The van der Waals surface area contributed by atoms with Crippen LogP contribution in [0.5, 0.6) is 0 Å². The zero-order valence-electron chi connectivity index (χ0n) is 15.4. The number of halogens is 1. The van der Waals surface area contributed by atoms with Crippen LogP contribution in [-0.2, 0) is 13.0 Å². The molecule has 1 aliphatic heterocycles. The quantitative estimate of drug-likeness (QED) is 0.645. The normalized spacial score (nSPS) is 17.7. The molecule has 0 radical (unpaired) electrons. The van der Waals surface area contributed by atoms with Crippen molar-refractivity contribution in [2.75, 3.05) is 6.54 Å². The smallest absolute Gasteiger partial charge is 0.123 e. The Morgan fingerprint density at radius 2 is 1.81 bits per heavy atom. The molecule has 1 aromatic carbocycles. The SMILES string of the molecule is Fc1ccc(Cc2ccc([C@H]3CCCCN3Cc3ccccn3)cn2)cc1. The minimum Gasteiger partial charge on any atom is -0.290 e. The standard InChI is InChI=1S/C23H24FN3/c24-20-10-7-18(8-11-20)15-21-12-9-19(16-26-21)23-6-2-4-14-27(23)17-22-5-1-3-13-25-22/h1,3,5,7-13,16,23H,2,4,6,14-15,17H2/t23-/m1/s1. The summed E-state index contributed by atoms with van der Waals surface area (Å²) in [4.78, 5) is 11.7. The number of piperidine rings is 1. The van der Waals surface area contributed by atoms with Crippen molar-refractivity contribution in [3.05, 3.63) is 95.3 Å². The first-order chi connectivity index (χ1) is 13.3. The van der Waals surface area contributed by atoms with Gasteiger partial charge in [0, 0.05) is 37.1 Å². The second-order valence-electron chi connectivity index (χ2n) is 7.19. The van der Waals surface area contributed by atoms with E-state index in [9.17, 15) is 4.39 Å². The average molecular weight is 361 g/mol. The summed E-state index contributed by atoms with van der Waals surface area (Å²) in [5.41, 5.74) is 4.47. The van der Waals surface area contributed by atoms with E-state index in [0.29, 0.717) is 6.04 Å². The van der Waals surface area contributed by atoms with Crippen molar-refractivity contribution in [3.8, 4) is 0 Å². The summed E-state index contributed by atoms with van der Waals surface area (Å²) >= 11 is 0. The lowest BCUT2D eigenvalue weighted by molar-refractivity contribution is 0.138. The van der Waals surface area contributed by atoms with Gasteiger partial charge in [-0.3, -0.25) is 14.9 Å². The molecule has 0 spiro atoms. The van der Waals surface area contributed by atoms with E-state index in [1.807, 2.05) is 36.7 Å². The fraction of sp³-hybridized carbons (Fsp3) is 0.304. The van der Waals surface area contributed by atoms with E-state index < -0.39 is 0 Å². The molecular formula is C23H24FN3. The van der Waals surface area contributed by atoms with E-state index in [4.69, 9.17) is 0 Å². The van der Waals surface area contributed by atoms with Crippen molar-refractivity contribution < 1.29 is 4.39 Å². The number of rotatable bonds is 5. The van der Waals surface area contributed by atoms with E-state index in [0.717, 1.165) is 42.9 Å². The lowest BCUT2D eigenvalue weighted by Crippen LogP contribution is -2.33. The number of pyridine rings is 2. The maximum absolute atomic E-state index is 13.1. The second kappa shape index (κ2) is 8.40. The highest BCUT2D eigenvalue weighted by Gasteiger charge is 2.24. The number of aromatic nitrogens is 2.